The normalized spacial score (nSPS) is 11.1. The third kappa shape index (κ3) is 0.821. The average molecular weight is 184 g/mol. The maximum Gasteiger partial charge on any atom is 0.101 e. The molecule has 0 atom stereocenters. The molecule has 4 nitrogen and oxygen atoms in total. The van der Waals surface area contributed by atoms with Crippen LogP contribution in [0.25, 0.3) is 21.9 Å². The van der Waals surface area contributed by atoms with Gasteiger partial charge >= 0.3 is 0 Å². The second kappa shape index (κ2) is 2.45. The Balaban J connectivity index is 2.67. The number of nitrogens with one attached hydrogen (secondary N) is 1. The molecule has 1 aromatic carbocycles. The molecule has 0 bridgehead atoms. The van der Waals surface area contributed by atoms with Crippen molar-refractivity contribution in [2.75, 3.05) is 5.73 Å². The number of nitrogen functional groups attached to an aromatic ring is 1. The molecular weight excluding hydrogens is 176 g/mol. The van der Waals surface area contributed by atoms with E-state index in [2.05, 4.69) is 15.0 Å². The first kappa shape index (κ1) is 7.32. The molecule has 0 fully saturated rings. The van der Waals surface area contributed by atoms with E-state index in [0.29, 0.717) is 5.69 Å². The first-order valence-corrected chi connectivity index (χ1v) is 4.32. The van der Waals surface area contributed by atoms with E-state index in [0.717, 1.165) is 21.9 Å². The van der Waals surface area contributed by atoms with Crippen LogP contribution in [0.5, 0.6) is 0 Å². The van der Waals surface area contributed by atoms with Crippen molar-refractivity contribution in [1.82, 2.24) is 15.0 Å². The summed E-state index contributed by atoms with van der Waals surface area (Å²) < 4.78 is 0. The highest BCUT2D eigenvalue weighted by Crippen LogP contribution is 2.25. The lowest BCUT2D eigenvalue weighted by molar-refractivity contribution is 1.34. The van der Waals surface area contributed by atoms with Crippen LogP contribution in [0.2, 0.25) is 0 Å². The molecule has 0 saturated heterocycles. The SMILES string of the molecule is Nc1cccc2ncc3[nH]cnc3c12. The van der Waals surface area contributed by atoms with Crippen LogP contribution in [0.3, 0.4) is 0 Å². The first-order chi connectivity index (χ1) is 6.86. The van der Waals surface area contributed by atoms with Gasteiger partial charge in [-0.3, -0.25) is 4.98 Å². The molecule has 0 radical (unpaired) electrons. The van der Waals surface area contributed by atoms with Gasteiger partial charge in [-0.1, -0.05) is 6.07 Å². The number of H-pyrrole nitrogens is 1. The quantitative estimate of drug-likeness (QED) is 0.522. The predicted octanol–water partition coefficient (Wildman–Crippen LogP) is 1.69. The fourth-order valence-corrected chi connectivity index (χ4v) is 1.66. The van der Waals surface area contributed by atoms with E-state index < -0.39 is 0 Å². The minimum absolute atomic E-state index is 0.715. The Bertz CT molecular complexity index is 612. The van der Waals surface area contributed by atoms with E-state index >= 15 is 0 Å². The predicted molar refractivity (Wildman–Crippen MR) is 55.8 cm³/mol. The van der Waals surface area contributed by atoms with Crippen molar-refractivity contribution in [1.29, 1.82) is 0 Å². The van der Waals surface area contributed by atoms with Crippen molar-refractivity contribution >= 4 is 27.6 Å². The highest BCUT2D eigenvalue weighted by atomic mass is 14.9. The molecule has 2 aromatic heterocycles. The number of fused-ring (bicyclic) bond motifs is 3. The molecule has 4 heteroatoms. The highest BCUT2D eigenvalue weighted by Gasteiger charge is 2.05. The van der Waals surface area contributed by atoms with Gasteiger partial charge < -0.3 is 10.7 Å². The number of benzene rings is 1. The molecule has 0 unspecified atom stereocenters. The van der Waals surface area contributed by atoms with Crippen LogP contribution in [0.4, 0.5) is 5.69 Å². The minimum atomic E-state index is 0.715. The van der Waals surface area contributed by atoms with Gasteiger partial charge in [0.05, 0.1) is 28.9 Å². The molecule has 68 valence electrons. The molecule has 3 N–H and O–H groups in total. The van der Waals surface area contributed by atoms with Crippen LogP contribution >= 0.6 is 0 Å². The minimum Gasteiger partial charge on any atom is -0.398 e. The van der Waals surface area contributed by atoms with Gasteiger partial charge in [0, 0.05) is 5.69 Å². The standard InChI is InChI=1S/C10H8N4/c11-6-2-1-3-7-9(6)10-8(4-12-7)13-5-14-10/h1-5H,11H2,(H,13,14). The van der Waals surface area contributed by atoms with Crippen LogP contribution in [0.15, 0.2) is 30.7 Å². The Morgan fingerprint density at radius 3 is 3.07 bits per heavy atom. The molecule has 2 heterocycles. The zero-order chi connectivity index (χ0) is 9.54. The Hall–Kier alpha value is -2.10. The zero-order valence-electron chi connectivity index (χ0n) is 7.36. The second-order valence-corrected chi connectivity index (χ2v) is 3.16. The number of imidazole rings is 1. The van der Waals surface area contributed by atoms with Gasteiger partial charge in [-0.25, -0.2) is 4.98 Å². The van der Waals surface area contributed by atoms with Crippen LogP contribution in [-0.4, -0.2) is 15.0 Å². The molecular formula is C10H8N4. The molecule has 0 spiro atoms. The summed E-state index contributed by atoms with van der Waals surface area (Å²) in [5.41, 5.74) is 9.28. The Labute approximate surface area is 79.8 Å². The lowest BCUT2D eigenvalue weighted by Crippen LogP contribution is -1.89. The number of rotatable bonds is 0. The van der Waals surface area contributed by atoms with Crippen LogP contribution in [0.1, 0.15) is 0 Å². The summed E-state index contributed by atoms with van der Waals surface area (Å²) in [6.07, 6.45) is 3.42. The number of hydrogen-bond acceptors (Lipinski definition) is 3. The summed E-state index contributed by atoms with van der Waals surface area (Å²) in [5.74, 6) is 0. The fraction of sp³-hybridized carbons (Fsp3) is 0. The van der Waals surface area contributed by atoms with Crippen molar-refractivity contribution in [2.45, 2.75) is 0 Å². The highest BCUT2D eigenvalue weighted by molar-refractivity contribution is 6.07. The summed E-state index contributed by atoms with van der Waals surface area (Å²) in [4.78, 5) is 11.5. The van der Waals surface area contributed by atoms with Crippen LogP contribution < -0.4 is 5.73 Å². The second-order valence-electron chi connectivity index (χ2n) is 3.16. The summed E-state index contributed by atoms with van der Waals surface area (Å²) in [6, 6.07) is 5.68. The molecule has 14 heavy (non-hydrogen) atoms. The topological polar surface area (TPSA) is 67.6 Å². The van der Waals surface area contributed by atoms with Gasteiger partial charge in [-0.2, -0.15) is 0 Å². The fourth-order valence-electron chi connectivity index (χ4n) is 1.66. The Morgan fingerprint density at radius 2 is 2.14 bits per heavy atom. The average Bonchev–Trinajstić information content (AvgIpc) is 2.65. The molecule has 0 saturated carbocycles. The molecule has 0 amide bonds. The van der Waals surface area contributed by atoms with Gasteiger partial charge in [-0.15, -0.1) is 0 Å². The maximum absolute atomic E-state index is 5.89. The van der Waals surface area contributed by atoms with Crippen molar-refractivity contribution in [3.8, 4) is 0 Å². The maximum atomic E-state index is 5.89. The summed E-state index contributed by atoms with van der Waals surface area (Å²) in [5, 5.41) is 0.922. The molecule has 3 rings (SSSR count). The van der Waals surface area contributed by atoms with Crippen molar-refractivity contribution in [2.24, 2.45) is 0 Å². The van der Waals surface area contributed by atoms with Gasteiger partial charge in [0.25, 0.3) is 0 Å². The van der Waals surface area contributed by atoms with E-state index in [1.165, 1.54) is 0 Å². The van der Waals surface area contributed by atoms with Crippen molar-refractivity contribution in [3.63, 3.8) is 0 Å². The van der Waals surface area contributed by atoms with Gasteiger partial charge in [-0.05, 0) is 12.1 Å². The number of aromatic amines is 1. The van der Waals surface area contributed by atoms with E-state index in [4.69, 9.17) is 5.73 Å². The number of nitrogens with two attached hydrogens (primary N) is 1. The lowest BCUT2D eigenvalue weighted by atomic mass is 10.1. The van der Waals surface area contributed by atoms with Crippen molar-refractivity contribution < 1.29 is 0 Å². The third-order valence-corrected chi connectivity index (χ3v) is 2.31. The number of hydrogen-bond donors (Lipinski definition) is 2. The first-order valence-electron chi connectivity index (χ1n) is 4.32. The summed E-state index contributed by atoms with van der Waals surface area (Å²) in [7, 11) is 0. The largest absolute Gasteiger partial charge is 0.398 e. The number of aromatic nitrogens is 3. The number of anilines is 1. The van der Waals surface area contributed by atoms with Gasteiger partial charge in [0.1, 0.15) is 5.52 Å². The third-order valence-electron chi connectivity index (χ3n) is 2.31. The van der Waals surface area contributed by atoms with Crippen LogP contribution in [-0.2, 0) is 0 Å². The Morgan fingerprint density at radius 1 is 1.21 bits per heavy atom. The van der Waals surface area contributed by atoms with Crippen molar-refractivity contribution in [3.05, 3.63) is 30.7 Å². The van der Waals surface area contributed by atoms with Gasteiger partial charge in [0.2, 0.25) is 0 Å². The smallest absolute Gasteiger partial charge is 0.101 e. The molecule has 0 aliphatic rings. The van der Waals surface area contributed by atoms with E-state index in [1.54, 1.807) is 12.5 Å². The van der Waals surface area contributed by atoms with Crippen LogP contribution in [0, 0.1) is 0 Å². The number of nitrogens with zero attached hydrogens (tertiary/aromatic N) is 2. The molecule has 0 aliphatic heterocycles. The summed E-state index contributed by atoms with van der Waals surface area (Å²) in [6.45, 7) is 0. The van der Waals surface area contributed by atoms with E-state index in [1.807, 2.05) is 18.2 Å². The molecule has 3 aromatic rings. The van der Waals surface area contributed by atoms with E-state index in [-0.39, 0.29) is 0 Å². The zero-order valence-corrected chi connectivity index (χ0v) is 7.36. The lowest BCUT2D eigenvalue weighted by Gasteiger charge is -2.00. The molecule has 0 aliphatic carbocycles. The monoisotopic (exact) mass is 184 g/mol. The summed E-state index contributed by atoms with van der Waals surface area (Å²) >= 11 is 0. The van der Waals surface area contributed by atoms with E-state index in [9.17, 15) is 0 Å². The number of pyridine rings is 1. The van der Waals surface area contributed by atoms with Gasteiger partial charge in [0.15, 0.2) is 0 Å². The Kier molecular flexibility index (Phi) is 1.28.